The largest absolute Gasteiger partial charge is 0.398 e. The van der Waals surface area contributed by atoms with Crippen molar-refractivity contribution in [2.45, 2.75) is 13.3 Å². The van der Waals surface area contributed by atoms with Gasteiger partial charge in [-0.2, -0.15) is 0 Å². The molecule has 1 amide bonds. The maximum absolute atomic E-state index is 11.6. The van der Waals surface area contributed by atoms with Crippen molar-refractivity contribution in [1.29, 1.82) is 0 Å². The van der Waals surface area contributed by atoms with Crippen molar-refractivity contribution in [3.8, 4) is 0 Å². The molecular formula is C12H18N4O3. The number of anilines is 2. The molecule has 0 fully saturated rings. The van der Waals surface area contributed by atoms with Gasteiger partial charge in [-0.05, 0) is 12.5 Å². The van der Waals surface area contributed by atoms with Gasteiger partial charge in [0.2, 0.25) is 5.91 Å². The van der Waals surface area contributed by atoms with Gasteiger partial charge in [-0.15, -0.1) is 0 Å². The van der Waals surface area contributed by atoms with E-state index in [0.29, 0.717) is 17.9 Å². The minimum atomic E-state index is -0.509. The molecule has 0 saturated heterocycles. The molecule has 0 aliphatic rings. The van der Waals surface area contributed by atoms with Crippen LogP contribution < -0.4 is 16.0 Å². The summed E-state index contributed by atoms with van der Waals surface area (Å²) in [4.78, 5) is 23.4. The quantitative estimate of drug-likeness (QED) is 0.456. The fourth-order valence-corrected chi connectivity index (χ4v) is 1.57. The van der Waals surface area contributed by atoms with Crippen molar-refractivity contribution in [2.75, 3.05) is 30.8 Å². The third-order valence-corrected chi connectivity index (χ3v) is 2.53. The Balaban J connectivity index is 2.79. The molecule has 0 aliphatic carbocycles. The number of amides is 1. The minimum absolute atomic E-state index is 0.0872. The number of nitro groups is 1. The van der Waals surface area contributed by atoms with E-state index < -0.39 is 4.92 Å². The average molecular weight is 266 g/mol. The maximum Gasteiger partial charge on any atom is 0.273 e. The second-order valence-corrected chi connectivity index (χ2v) is 4.25. The predicted octanol–water partition coefficient (Wildman–Crippen LogP) is 1.14. The van der Waals surface area contributed by atoms with Gasteiger partial charge in [-0.3, -0.25) is 14.9 Å². The second-order valence-electron chi connectivity index (χ2n) is 4.25. The lowest BCUT2D eigenvalue weighted by atomic mass is 10.2. The lowest BCUT2D eigenvalue weighted by Gasteiger charge is -2.19. The van der Waals surface area contributed by atoms with Crippen molar-refractivity contribution >= 4 is 23.0 Å². The van der Waals surface area contributed by atoms with Crippen LogP contribution in [0.5, 0.6) is 0 Å². The van der Waals surface area contributed by atoms with Crippen LogP contribution in [0.15, 0.2) is 18.2 Å². The molecule has 1 aromatic rings. The van der Waals surface area contributed by atoms with Gasteiger partial charge in [0, 0.05) is 37.1 Å². The Kier molecular flexibility index (Phi) is 5.11. The third-order valence-electron chi connectivity index (χ3n) is 2.53. The number of nitrogens with two attached hydrogens (primary N) is 1. The van der Waals surface area contributed by atoms with E-state index in [1.165, 1.54) is 12.1 Å². The molecule has 0 radical (unpaired) electrons. The molecule has 0 unspecified atom stereocenters. The van der Waals surface area contributed by atoms with Crippen molar-refractivity contribution in [2.24, 2.45) is 0 Å². The van der Waals surface area contributed by atoms with Crippen molar-refractivity contribution in [3.63, 3.8) is 0 Å². The first-order valence-corrected chi connectivity index (χ1v) is 5.96. The van der Waals surface area contributed by atoms with Crippen LogP contribution in [0.2, 0.25) is 0 Å². The topological polar surface area (TPSA) is 102 Å². The summed E-state index contributed by atoms with van der Waals surface area (Å²) in [5, 5.41) is 13.5. The summed E-state index contributed by atoms with van der Waals surface area (Å²) in [5.74, 6) is -0.130. The van der Waals surface area contributed by atoms with E-state index in [2.05, 4.69) is 5.32 Å². The van der Waals surface area contributed by atoms with Gasteiger partial charge in [0.1, 0.15) is 0 Å². The molecule has 0 aromatic heterocycles. The average Bonchev–Trinajstić information content (AvgIpc) is 2.35. The van der Waals surface area contributed by atoms with Crippen LogP contribution in [0.1, 0.15) is 13.3 Å². The lowest BCUT2D eigenvalue weighted by molar-refractivity contribution is -0.384. The van der Waals surface area contributed by atoms with Crippen molar-refractivity contribution < 1.29 is 9.72 Å². The third kappa shape index (κ3) is 4.46. The maximum atomic E-state index is 11.6. The zero-order valence-electron chi connectivity index (χ0n) is 11.0. The van der Waals surface area contributed by atoms with Crippen LogP contribution >= 0.6 is 0 Å². The highest BCUT2D eigenvalue weighted by molar-refractivity contribution is 5.81. The number of nitrogens with one attached hydrogen (secondary N) is 1. The first kappa shape index (κ1) is 14.7. The molecule has 1 rings (SSSR count). The fraction of sp³-hybridized carbons (Fsp3) is 0.417. The van der Waals surface area contributed by atoms with Crippen LogP contribution in [0.25, 0.3) is 0 Å². The zero-order valence-corrected chi connectivity index (χ0v) is 11.0. The normalized spacial score (nSPS) is 10.0. The number of carbonyl (C=O) groups excluding carboxylic acids is 1. The molecule has 0 atom stereocenters. The smallest absolute Gasteiger partial charge is 0.273 e. The summed E-state index contributed by atoms with van der Waals surface area (Å²) in [7, 11) is 1.68. The number of nitro benzene ring substituents is 1. The number of benzene rings is 1. The highest BCUT2D eigenvalue weighted by Crippen LogP contribution is 2.24. The Hall–Kier alpha value is -2.31. The Morgan fingerprint density at radius 3 is 2.74 bits per heavy atom. The van der Waals surface area contributed by atoms with Gasteiger partial charge in [-0.25, -0.2) is 0 Å². The number of likely N-dealkylation sites (N-methyl/N-ethyl adjacent to an activating group) is 1. The van der Waals surface area contributed by atoms with Crippen LogP contribution in [0, 0.1) is 10.1 Å². The monoisotopic (exact) mass is 266 g/mol. The SMILES string of the molecule is CCCNC(=O)CN(C)c1cc(N)cc([N+](=O)[O-])c1. The lowest BCUT2D eigenvalue weighted by Crippen LogP contribution is -2.35. The molecule has 0 bridgehead atoms. The molecule has 1 aromatic carbocycles. The highest BCUT2D eigenvalue weighted by atomic mass is 16.6. The van der Waals surface area contributed by atoms with Crippen LogP contribution in [0.3, 0.4) is 0 Å². The first-order chi connectivity index (χ1) is 8.93. The van der Waals surface area contributed by atoms with E-state index in [0.717, 1.165) is 6.42 Å². The van der Waals surface area contributed by atoms with E-state index in [-0.39, 0.29) is 18.1 Å². The molecule has 104 valence electrons. The summed E-state index contributed by atoms with van der Waals surface area (Å²) >= 11 is 0. The summed E-state index contributed by atoms with van der Waals surface area (Å²) in [6, 6.07) is 4.28. The zero-order chi connectivity index (χ0) is 14.4. The Morgan fingerprint density at radius 2 is 2.16 bits per heavy atom. The van der Waals surface area contributed by atoms with Gasteiger partial charge in [0.15, 0.2) is 0 Å². The van der Waals surface area contributed by atoms with Gasteiger partial charge < -0.3 is 16.0 Å². The number of carbonyl (C=O) groups is 1. The summed E-state index contributed by atoms with van der Waals surface area (Å²) in [5.41, 5.74) is 6.36. The van der Waals surface area contributed by atoms with Crippen molar-refractivity contribution in [3.05, 3.63) is 28.3 Å². The second kappa shape index (κ2) is 6.58. The number of non-ortho nitro benzene ring substituents is 1. The Bertz CT molecular complexity index is 476. The first-order valence-electron chi connectivity index (χ1n) is 5.96. The van der Waals surface area contributed by atoms with Gasteiger partial charge in [0.05, 0.1) is 11.5 Å². The van der Waals surface area contributed by atoms with E-state index in [9.17, 15) is 14.9 Å². The van der Waals surface area contributed by atoms with E-state index >= 15 is 0 Å². The van der Waals surface area contributed by atoms with Crippen LogP contribution in [-0.4, -0.2) is 31.0 Å². The van der Waals surface area contributed by atoms with Crippen molar-refractivity contribution in [1.82, 2.24) is 5.32 Å². The van der Waals surface area contributed by atoms with Gasteiger partial charge >= 0.3 is 0 Å². The van der Waals surface area contributed by atoms with Crippen LogP contribution in [0.4, 0.5) is 17.1 Å². The van der Waals surface area contributed by atoms with Gasteiger partial charge in [-0.1, -0.05) is 6.92 Å². The summed E-state index contributed by atoms with van der Waals surface area (Å²) in [6.07, 6.45) is 0.860. The molecule has 0 heterocycles. The number of hydrogen-bond acceptors (Lipinski definition) is 5. The summed E-state index contributed by atoms with van der Waals surface area (Å²) in [6.45, 7) is 2.70. The number of hydrogen-bond donors (Lipinski definition) is 2. The minimum Gasteiger partial charge on any atom is -0.398 e. The molecule has 19 heavy (non-hydrogen) atoms. The molecule has 0 aliphatic heterocycles. The Labute approximate surface area is 111 Å². The molecular weight excluding hydrogens is 248 g/mol. The molecule has 0 saturated carbocycles. The molecule has 3 N–H and O–H groups in total. The molecule has 7 heteroatoms. The predicted molar refractivity (Wildman–Crippen MR) is 74.1 cm³/mol. The number of nitrogen functional groups attached to an aromatic ring is 1. The Morgan fingerprint density at radius 1 is 1.47 bits per heavy atom. The number of rotatable bonds is 6. The summed E-state index contributed by atoms with van der Waals surface area (Å²) < 4.78 is 0. The van der Waals surface area contributed by atoms with E-state index in [1.807, 2.05) is 6.92 Å². The van der Waals surface area contributed by atoms with Crippen LogP contribution in [-0.2, 0) is 4.79 Å². The van der Waals surface area contributed by atoms with E-state index in [1.54, 1.807) is 18.0 Å². The van der Waals surface area contributed by atoms with Gasteiger partial charge in [0.25, 0.3) is 5.69 Å². The standard InChI is InChI=1S/C12H18N4O3/c1-3-4-14-12(17)8-15(2)10-5-9(13)6-11(7-10)16(18)19/h5-7H,3-4,8,13H2,1-2H3,(H,14,17). The highest BCUT2D eigenvalue weighted by Gasteiger charge is 2.13. The molecule has 7 nitrogen and oxygen atoms in total. The fourth-order valence-electron chi connectivity index (χ4n) is 1.57. The van der Waals surface area contributed by atoms with E-state index in [4.69, 9.17) is 5.73 Å². The molecule has 0 spiro atoms. The number of nitrogens with zero attached hydrogens (tertiary/aromatic N) is 2.